The quantitative estimate of drug-likeness (QED) is 0.589. The van der Waals surface area contributed by atoms with Crippen LogP contribution < -0.4 is 15.4 Å². The van der Waals surface area contributed by atoms with Crippen LogP contribution in [0, 0.1) is 6.92 Å². The first-order chi connectivity index (χ1) is 10.8. The van der Waals surface area contributed by atoms with Gasteiger partial charge in [-0.05, 0) is 52.5 Å². The second-order valence-electron chi connectivity index (χ2n) is 6.52. The van der Waals surface area contributed by atoms with Crippen LogP contribution in [-0.2, 0) is 6.54 Å². The summed E-state index contributed by atoms with van der Waals surface area (Å²) in [7, 11) is 1.79. The number of benzene rings is 1. The monoisotopic (exact) mass is 337 g/mol. The predicted octanol–water partition coefficient (Wildman–Crippen LogP) is 3.59. The van der Waals surface area contributed by atoms with Crippen molar-refractivity contribution in [1.82, 2.24) is 10.6 Å². The summed E-state index contributed by atoms with van der Waals surface area (Å²) in [6, 6.07) is 6.31. The van der Waals surface area contributed by atoms with Crippen LogP contribution in [0.1, 0.15) is 38.8 Å². The highest BCUT2D eigenvalue weighted by atomic mass is 32.2. The van der Waals surface area contributed by atoms with Gasteiger partial charge in [-0.2, -0.15) is 11.8 Å². The molecule has 0 aliphatic rings. The highest BCUT2D eigenvalue weighted by Gasteiger charge is 2.16. The van der Waals surface area contributed by atoms with E-state index in [-0.39, 0.29) is 10.9 Å². The molecule has 1 aromatic carbocycles. The lowest BCUT2D eigenvalue weighted by Crippen LogP contribution is -2.43. The van der Waals surface area contributed by atoms with Gasteiger partial charge in [-0.15, -0.1) is 0 Å². The maximum atomic E-state index is 5.92. The summed E-state index contributed by atoms with van der Waals surface area (Å²) in [5.74, 6) is 1.75. The Bertz CT molecular complexity index is 527. The molecule has 0 saturated carbocycles. The van der Waals surface area contributed by atoms with Gasteiger partial charge in [0.1, 0.15) is 5.75 Å². The number of aliphatic imine (C=N–C) groups is 1. The summed E-state index contributed by atoms with van der Waals surface area (Å²) >= 11 is 1.84. The first-order valence-electron chi connectivity index (χ1n) is 8.03. The van der Waals surface area contributed by atoms with Crippen LogP contribution in [-0.4, -0.2) is 36.7 Å². The van der Waals surface area contributed by atoms with Gasteiger partial charge >= 0.3 is 0 Å². The van der Waals surface area contributed by atoms with Crippen LogP contribution in [0.2, 0.25) is 0 Å². The highest BCUT2D eigenvalue weighted by molar-refractivity contribution is 7.99. The van der Waals surface area contributed by atoms with Crippen LogP contribution in [0.15, 0.2) is 23.2 Å². The van der Waals surface area contributed by atoms with Crippen molar-refractivity contribution in [2.24, 2.45) is 4.99 Å². The van der Waals surface area contributed by atoms with E-state index in [1.807, 2.05) is 25.6 Å². The molecular formula is C18H31N3OS. The zero-order chi connectivity index (χ0) is 17.5. The molecule has 4 nitrogen and oxygen atoms in total. The van der Waals surface area contributed by atoms with E-state index in [2.05, 4.69) is 60.9 Å². The average molecular weight is 338 g/mol. The minimum Gasteiger partial charge on any atom is -0.491 e. The number of nitrogens with zero attached hydrogens (tertiary/aromatic N) is 1. The fourth-order valence-corrected chi connectivity index (χ4v) is 2.16. The molecule has 0 saturated heterocycles. The van der Waals surface area contributed by atoms with E-state index in [1.54, 1.807) is 7.05 Å². The third-order valence-corrected chi connectivity index (χ3v) is 4.74. The number of hydrogen-bond donors (Lipinski definition) is 2. The zero-order valence-electron chi connectivity index (χ0n) is 15.5. The van der Waals surface area contributed by atoms with Crippen LogP contribution >= 0.6 is 11.8 Å². The molecule has 0 heterocycles. The summed E-state index contributed by atoms with van der Waals surface area (Å²) in [6.45, 7) is 12.1. The number of guanidine groups is 1. The molecule has 0 spiro atoms. The van der Waals surface area contributed by atoms with E-state index in [0.717, 1.165) is 23.8 Å². The maximum absolute atomic E-state index is 5.92. The molecule has 0 fully saturated rings. The molecule has 0 unspecified atom stereocenters. The average Bonchev–Trinajstić information content (AvgIpc) is 2.48. The first-order valence-corrected chi connectivity index (χ1v) is 9.25. The van der Waals surface area contributed by atoms with Crippen molar-refractivity contribution in [3.63, 3.8) is 0 Å². The van der Waals surface area contributed by atoms with Gasteiger partial charge < -0.3 is 15.4 Å². The van der Waals surface area contributed by atoms with E-state index >= 15 is 0 Å². The lowest BCUT2D eigenvalue weighted by Gasteiger charge is -2.24. The van der Waals surface area contributed by atoms with Gasteiger partial charge in [-0.1, -0.05) is 12.1 Å². The fraction of sp³-hybridized carbons (Fsp3) is 0.611. The third kappa shape index (κ3) is 7.16. The number of ether oxygens (including phenoxy) is 1. The zero-order valence-corrected chi connectivity index (χ0v) is 16.3. The Morgan fingerprint density at radius 3 is 2.57 bits per heavy atom. The molecule has 23 heavy (non-hydrogen) atoms. The summed E-state index contributed by atoms with van der Waals surface area (Å²) < 4.78 is 6.09. The second kappa shape index (κ2) is 9.06. The van der Waals surface area contributed by atoms with Crippen LogP contribution in [0.5, 0.6) is 5.75 Å². The van der Waals surface area contributed by atoms with Gasteiger partial charge in [-0.3, -0.25) is 4.99 Å². The van der Waals surface area contributed by atoms with Crippen molar-refractivity contribution < 1.29 is 4.74 Å². The number of rotatable bonds is 7. The van der Waals surface area contributed by atoms with E-state index in [0.29, 0.717) is 6.54 Å². The predicted molar refractivity (Wildman–Crippen MR) is 103 cm³/mol. The van der Waals surface area contributed by atoms with E-state index < -0.39 is 0 Å². The van der Waals surface area contributed by atoms with Gasteiger partial charge in [0.05, 0.1) is 6.10 Å². The fourth-order valence-electron chi connectivity index (χ4n) is 1.94. The molecule has 0 aliphatic heterocycles. The smallest absolute Gasteiger partial charge is 0.191 e. The molecule has 0 atom stereocenters. The van der Waals surface area contributed by atoms with Gasteiger partial charge in [-0.25, -0.2) is 0 Å². The standard InChI is InChI=1S/C18H31N3OS/c1-13(2)22-16-10-14(3)8-9-15(16)11-20-17(19-6)21-12-18(4,5)23-7/h8-10,13H,11-12H2,1-7H3,(H2,19,20,21). The van der Waals surface area contributed by atoms with Gasteiger partial charge in [0.25, 0.3) is 0 Å². The van der Waals surface area contributed by atoms with Gasteiger partial charge in [0, 0.05) is 30.4 Å². The summed E-state index contributed by atoms with van der Waals surface area (Å²) in [4.78, 5) is 4.29. The van der Waals surface area contributed by atoms with Crippen molar-refractivity contribution in [2.75, 3.05) is 19.8 Å². The van der Waals surface area contributed by atoms with E-state index in [4.69, 9.17) is 4.74 Å². The number of thioether (sulfide) groups is 1. The van der Waals surface area contributed by atoms with Crippen LogP contribution in [0.3, 0.4) is 0 Å². The lowest BCUT2D eigenvalue weighted by atomic mass is 10.1. The Morgan fingerprint density at radius 1 is 1.30 bits per heavy atom. The van der Waals surface area contributed by atoms with Gasteiger partial charge in [0.15, 0.2) is 5.96 Å². The Balaban J connectivity index is 2.69. The number of aryl methyl sites for hydroxylation is 1. The van der Waals surface area contributed by atoms with E-state index in [9.17, 15) is 0 Å². The molecular weight excluding hydrogens is 306 g/mol. The van der Waals surface area contributed by atoms with Gasteiger partial charge in [0.2, 0.25) is 0 Å². The molecule has 0 aliphatic carbocycles. The van der Waals surface area contributed by atoms with E-state index in [1.165, 1.54) is 5.56 Å². The summed E-state index contributed by atoms with van der Waals surface area (Å²) in [5, 5.41) is 6.74. The molecule has 0 bridgehead atoms. The molecule has 0 aromatic heterocycles. The Hall–Kier alpha value is -1.36. The second-order valence-corrected chi connectivity index (χ2v) is 8.03. The topological polar surface area (TPSA) is 45.7 Å². The van der Waals surface area contributed by atoms with Crippen molar-refractivity contribution in [3.8, 4) is 5.75 Å². The van der Waals surface area contributed by atoms with Crippen molar-refractivity contribution in [1.29, 1.82) is 0 Å². The first kappa shape index (κ1) is 19.7. The highest BCUT2D eigenvalue weighted by Crippen LogP contribution is 2.22. The largest absolute Gasteiger partial charge is 0.491 e. The maximum Gasteiger partial charge on any atom is 0.191 e. The minimum absolute atomic E-state index is 0.162. The lowest BCUT2D eigenvalue weighted by molar-refractivity contribution is 0.239. The van der Waals surface area contributed by atoms with Crippen molar-refractivity contribution in [3.05, 3.63) is 29.3 Å². The Morgan fingerprint density at radius 2 is 2.00 bits per heavy atom. The normalized spacial score (nSPS) is 12.4. The van der Waals surface area contributed by atoms with Crippen LogP contribution in [0.25, 0.3) is 0 Å². The summed E-state index contributed by atoms with van der Waals surface area (Å²) in [5.41, 5.74) is 2.34. The molecule has 1 aromatic rings. The van der Waals surface area contributed by atoms with Crippen molar-refractivity contribution in [2.45, 2.75) is 52.0 Å². The number of nitrogens with one attached hydrogen (secondary N) is 2. The molecule has 0 amide bonds. The Kier molecular flexibility index (Phi) is 7.76. The number of hydrogen-bond acceptors (Lipinski definition) is 3. The Labute approximate surface area is 145 Å². The third-order valence-electron chi connectivity index (χ3n) is 3.49. The van der Waals surface area contributed by atoms with Crippen LogP contribution in [0.4, 0.5) is 0 Å². The molecule has 1 rings (SSSR count). The molecule has 5 heteroatoms. The minimum atomic E-state index is 0.162. The summed E-state index contributed by atoms with van der Waals surface area (Å²) in [6.07, 6.45) is 2.29. The SMILES string of the molecule is CN=C(NCc1ccc(C)cc1OC(C)C)NCC(C)(C)SC. The van der Waals surface area contributed by atoms with Crippen molar-refractivity contribution >= 4 is 17.7 Å². The molecule has 2 N–H and O–H groups in total. The molecule has 130 valence electrons. The molecule has 0 radical (unpaired) electrons.